The molecule has 0 aromatic heterocycles. The van der Waals surface area contributed by atoms with Crippen molar-refractivity contribution in [3.05, 3.63) is 59.5 Å². The van der Waals surface area contributed by atoms with Gasteiger partial charge in [-0.15, -0.1) is 10.8 Å². The number of nitrogens with one attached hydrogen (secondary N) is 1. The number of hydrogen-bond acceptors (Lipinski definition) is 6. The Morgan fingerprint density at radius 3 is 2.47 bits per heavy atom. The molecule has 0 spiro atoms. The monoisotopic (exact) mass is 544 g/mol. The van der Waals surface area contributed by atoms with Gasteiger partial charge in [0.2, 0.25) is 0 Å². The van der Waals surface area contributed by atoms with Crippen LogP contribution in [0.25, 0.3) is 11.1 Å². The van der Waals surface area contributed by atoms with Gasteiger partial charge in [0, 0.05) is 61.4 Å². The van der Waals surface area contributed by atoms with Crippen LogP contribution in [-0.4, -0.2) is 67.2 Å². The summed E-state index contributed by atoms with van der Waals surface area (Å²) < 4.78 is 56.2. The highest BCUT2D eigenvalue weighted by molar-refractivity contribution is 8.22. The fraction of sp³-hybridized carbons (Fsp3) is 0.400. The summed E-state index contributed by atoms with van der Waals surface area (Å²) in [6, 6.07) is 12.2. The number of rotatable bonds is 8. The number of carbonyl (C=O) groups is 1. The topological polar surface area (TPSA) is 131 Å². The van der Waals surface area contributed by atoms with Gasteiger partial charge in [0.25, 0.3) is 5.91 Å². The molecule has 0 radical (unpaired) electrons. The molecule has 2 aromatic carbocycles. The highest BCUT2D eigenvalue weighted by Crippen LogP contribution is 2.57. The second kappa shape index (κ2) is 12.3. The van der Waals surface area contributed by atoms with Crippen LogP contribution < -0.4 is 10.1 Å². The number of methoxy groups -OCH3 is 1. The Bertz CT molecular complexity index is 1130. The average molecular weight is 545 g/mol. The Hall–Kier alpha value is -2.28. The van der Waals surface area contributed by atoms with E-state index < -0.39 is 39.2 Å². The number of piperidine rings is 1. The SMILES string of the molecule is COc1ccc(S(O)(O)N2CCC(F)(C(=O)N[C@H](C)/C=C\S(C)=O)CC2)c(-c2ccccc2C)c1.O.[HH]. The van der Waals surface area contributed by atoms with Gasteiger partial charge in [0.1, 0.15) is 5.75 Å². The van der Waals surface area contributed by atoms with Gasteiger partial charge in [-0.3, -0.25) is 18.1 Å². The molecule has 1 fully saturated rings. The maximum atomic E-state index is 15.5. The van der Waals surface area contributed by atoms with Crippen molar-refractivity contribution in [1.29, 1.82) is 0 Å². The van der Waals surface area contributed by atoms with E-state index in [9.17, 15) is 18.1 Å². The van der Waals surface area contributed by atoms with Crippen molar-refractivity contribution in [2.24, 2.45) is 0 Å². The predicted molar refractivity (Wildman–Crippen MR) is 145 cm³/mol. The third kappa shape index (κ3) is 6.72. The number of aryl methyl sites for hydroxylation is 1. The van der Waals surface area contributed by atoms with Crippen LogP contribution >= 0.6 is 10.8 Å². The molecule has 0 bridgehead atoms. The summed E-state index contributed by atoms with van der Waals surface area (Å²) in [6.07, 6.45) is 2.70. The number of benzene rings is 2. The van der Waals surface area contributed by atoms with E-state index >= 15 is 4.39 Å². The first-order valence-corrected chi connectivity index (χ1v) is 14.4. The van der Waals surface area contributed by atoms with Gasteiger partial charge in [-0.05, 0) is 43.2 Å². The van der Waals surface area contributed by atoms with Gasteiger partial charge >= 0.3 is 0 Å². The largest absolute Gasteiger partial charge is 0.497 e. The predicted octanol–water partition coefficient (Wildman–Crippen LogP) is 4.32. The fourth-order valence-electron chi connectivity index (χ4n) is 4.03. The summed E-state index contributed by atoms with van der Waals surface area (Å²) >= 11 is 0. The zero-order valence-electron chi connectivity index (χ0n) is 20.9. The summed E-state index contributed by atoms with van der Waals surface area (Å²) in [6.45, 7) is 3.60. The normalized spacial score (nSPS) is 18.2. The molecule has 202 valence electrons. The minimum atomic E-state index is -3.47. The molecule has 1 saturated heterocycles. The maximum Gasteiger partial charge on any atom is 0.258 e. The Labute approximate surface area is 217 Å². The molecular formula is C25H37FN2O6S2. The van der Waals surface area contributed by atoms with Gasteiger partial charge in [-0.2, -0.15) is 0 Å². The molecule has 1 aliphatic heterocycles. The second-order valence-electron chi connectivity index (χ2n) is 8.68. The van der Waals surface area contributed by atoms with Gasteiger partial charge in [-0.1, -0.05) is 30.3 Å². The van der Waals surface area contributed by atoms with E-state index in [0.29, 0.717) is 16.2 Å². The van der Waals surface area contributed by atoms with Crippen LogP contribution in [0.2, 0.25) is 0 Å². The number of nitrogens with zero attached hydrogens (tertiary/aromatic N) is 1. The number of carbonyl (C=O) groups excluding carboxylic acids is 1. The summed E-state index contributed by atoms with van der Waals surface area (Å²) in [5.41, 5.74) is 0.308. The molecule has 36 heavy (non-hydrogen) atoms. The van der Waals surface area contributed by atoms with E-state index in [1.165, 1.54) is 16.0 Å². The lowest BCUT2D eigenvalue weighted by Gasteiger charge is -2.47. The summed E-state index contributed by atoms with van der Waals surface area (Å²) in [4.78, 5) is 12.9. The molecule has 2 aromatic rings. The lowest BCUT2D eigenvalue weighted by molar-refractivity contribution is -0.135. The quantitative estimate of drug-likeness (QED) is 0.454. The second-order valence-corrected chi connectivity index (χ2v) is 11.9. The number of hydrogen-bond donors (Lipinski definition) is 3. The molecule has 11 heteroatoms. The van der Waals surface area contributed by atoms with Gasteiger partial charge < -0.3 is 15.5 Å². The Morgan fingerprint density at radius 1 is 1.25 bits per heavy atom. The standard InChI is InChI=1S/C25H33FN2O5S2.H2O.H2/c1-18-7-5-6-8-21(18)22-17-20(33-3)9-10-23(22)35(31,32)28-14-12-25(26,13-15-28)24(29)27-19(2)11-16-34(4)30;;/h5-11,16-17,19,31-32H,12-15H2,1-4H3,(H,27,29);1H2;1H/b16-11-;;/t19-,34?;;/m1../s1. The Kier molecular flexibility index (Phi) is 10.2. The first-order chi connectivity index (χ1) is 16.5. The number of ether oxygens (including phenoxy) is 1. The van der Waals surface area contributed by atoms with Crippen molar-refractivity contribution in [3.63, 3.8) is 0 Å². The van der Waals surface area contributed by atoms with E-state index in [1.54, 1.807) is 38.3 Å². The molecule has 1 amide bonds. The van der Waals surface area contributed by atoms with Crippen LogP contribution in [0.15, 0.2) is 58.8 Å². The van der Waals surface area contributed by atoms with Crippen molar-refractivity contribution in [3.8, 4) is 16.9 Å². The molecule has 8 nitrogen and oxygen atoms in total. The molecule has 0 aliphatic carbocycles. The van der Waals surface area contributed by atoms with E-state index in [0.717, 1.165) is 11.1 Å². The van der Waals surface area contributed by atoms with E-state index in [1.807, 2.05) is 31.2 Å². The van der Waals surface area contributed by atoms with Crippen molar-refractivity contribution in [1.82, 2.24) is 9.62 Å². The van der Waals surface area contributed by atoms with Crippen molar-refractivity contribution < 1.29 is 34.1 Å². The van der Waals surface area contributed by atoms with E-state index in [-0.39, 0.29) is 32.8 Å². The van der Waals surface area contributed by atoms with Gasteiger partial charge in [0.15, 0.2) is 5.67 Å². The first kappa shape index (κ1) is 29.9. The van der Waals surface area contributed by atoms with Crippen molar-refractivity contribution in [2.75, 3.05) is 26.5 Å². The lowest BCUT2D eigenvalue weighted by atomic mass is 9.93. The van der Waals surface area contributed by atoms with Crippen LogP contribution in [0.3, 0.4) is 0 Å². The van der Waals surface area contributed by atoms with E-state index in [4.69, 9.17) is 4.74 Å². The van der Waals surface area contributed by atoms with Crippen LogP contribution in [0.1, 0.15) is 26.8 Å². The Morgan fingerprint density at radius 2 is 1.89 bits per heavy atom. The number of amides is 1. The highest BCUT2D eigenvalue weighted by Gasteiger charge is 2.45. The average Bonchev–Trinajstić information content (AvgIpc) is 2.83. The van der Waals surface area contributed by atoms with Gasteiger partial charge in [0.05, 0.1) is 12.0 Å². The zero-order valence-corrected chi connectivity index (χ0v) is 22.5. The highest BCUT2D eigenvalue weighted by atomic mass is 32.3. The Balaban J connectivity index is 0.00000342. The molecule has 5 N–H and O–H groups in total. The molecular weight excluding hydrogens is 507 g/mol. The minimum absolute atomic E-state index is 0. The third-order valence-electron chi connectivity index (χ3n) is 6.12. The summed E-state index contributed by atoms with van der Waals surface area (Å²) in [5, 5.41) is 4.03. The number of alkyl halides is 1. The smallest absolute Gasteiger partial charge is 0.258 e. The van der Waals surface area contributed by atoms with Gasteiger partial charge in [-0.25, -0.2) is 8.70 Å². The zero-order chi connectivity index (χ0) is 25.8. The summed E-state index contributed by atoms with van der Waals surface area (Å²) in [7, 11) is -3.08. The van der Waals surface area contributed by atoms with Crippen LogP contribution in [0, 0.1) is 6.92 Å². The fourth-order valence-corrected chi connectivity index (χ4v) is 6.18. The van der Waals surface area contributed by atoms with Crippen molar-refractivity contribution >= 4 is 27.5 Å². The molecule has 1 unspecified atom stereocenters. The molecule has 2 atom stereocenters. The lowest BCUT2D eigenvalue weighted by Crippen LogP contribution is -2.52. The molecule has 0 saturated carbocycles. The minimum Gasteiger partial charge on any atom is -0.497 e. The number of halogens is 1. The molecule has 1 heterocycles. The van der Waals surface area contributed by atoms with E-state index in [2.05, 4.69) is 5.32 Å². The van der Waals surface area contributed by atoms with Crippen molar-refractivity contribution in [2.45, 2.75) is 43.3 Å². The maximum absolute atomic E-state index is 15.5. The van der Waals surface area contributed by atoms with Crippen LogP contribution in [-0.2, 0) is 15.6 Å². The molecule has 1 aliphatic rings. The van der Waals surface area contributed by atoms with Crippen LogP contribution in [0.4, 0.5) is 4.39 Å². The molecule has 3 rings (SSSR count). The first-order valence-electron chi connectivity index (χ1n) is 11.3. The third-order valence-corrected chi connectivity index (χ3v) is 8.69. The summed E-state index contributed by atoms with van der Waals surface area (Å²) in [5.74, 6) is -0.173. The van der Waals surface area contributed by atoms with Crippen LogP contribution in [0.5, 0.6) is 5.75 Å².